The summed E-state index contributed by atoms with van der Waals surface area (Å²) in [5, 5.41) is 9.53. The summed E-state index contributed by atoms with van der Waals surface area (Å²) in [5.41, 5.74) is 1.77. The third kappa shape index (κ3) is 2.75. The zero-order valence-electron chi connectivity index (χ0n) is 16.2. The van der Waals surface area contributed by atoms with Gasteiger partial charge in [0.1, 0.15) is 11.6 Å². The van der Waals surface area contributed by atoms with Crippen LogP contribution in [0.4, 0.5) is 0 Å². The molecule has 1 aliphatic heterocycles. The molecule has 0 amide bonds. The molecule has 0 atom stereocenters. The molecule has 0 N–H and O–H groups in total. The summed E-state index contributed by atoms with van der Waals surface area (Å²) in [6, 6.07) is 10.9. The summed E-state index contributed by atoms with van der Waals surface area (Å²) in [6.07, 6.45) is 9.65. The topological polar surface area (TPSA) is 34.0 Å². The van der Waals surface area contributed by atoms with Crippen molar-refractivity contribution in [2.24, 2.45) is 17.8 Å². The molecule has 0 unspecified atom stereocenters. The minimum absolute atomic E-state index is 0.356. The smallest absolute Gasteiger partial charge is 0.139 e. The molecule has 2 aromatic rings. The van der Waals surface area contributed by atoms with E-state index in [1.54, 1.807) is 0 Å². The number of benzene rings is 1. The van der Waals surface area contributed by atoms with Gasteiger partial charge in [-0.25, -0.2) is 0 Å². The Morgan fingerprint density at radius 1 is 0.852 bits per heavy atom. The minimum Gasteiger partial charge on any atom is -0.313 e. The highest BCUT2D eigenvalue weighted by Gasteiger charge is 2.54. The van der Waals surface area contributed by atoms with E-state index >= 15 is 0 Å². The lowest BCUT2D eigenvalue weighted by molar-refractivity contribution is -0.0113. The van der Waals surface area contributed by atoms with Crippen LogP contribution in [0.3, 0.4) is 0 Å². The maximum Gasteiger partial charge on any atom is 0.139 e. The zero-order chi connectivity index (χ0) is 17.8. The number of hydrogen-bond donors (Lipinski definition) is 0. The maximum absolute atomic E-state index is 4.83. The number of fused-ring (bicyclic) bond motifs is 1. The monoisotopic (exact) mass is 362 g/mol. The van der Waals surface area contributed by atoms with Crippen molar-refractivity contribution in [3.63, 3.8) is 0 Å². The van der Waals surface area contributed by atoms with Gasteiger partial charge in [-0.1, -0.05) is 30.3 Å². The second-order valence-corrected chi connectivity index (χ2v) is 9.80. The molecule has 142 valence electrons. The van der Waals surface area contributed by atoms with E-state index in [0.717, 1.165) is 50.4 Å². The first-order valence-electron chi connectivity index (χ1n) is 11.0. The predicted octanol–water partition coefficient (Wildman–Crippen LogP) is 3.80. The van der Waals surface area contributed by atoms with Gasteiger partial charge in [-0.05, 0) is 61.8 Å². The van der Waals surface area contributed by atoms with Gasteiger partial charge in [0, 0.05) is 38.0 Å². The van der Waals surface area contributed by atoms with E-state index in [1.807, 2.05) is 0 Å². The van der Waals surface area contributed by atoms with Crippen LogP contribution >= 0.6 is 0 Å². The Hall–Kier alpha value is -1.68. The summed E-state index contributed by atoms with van der Waals surface area (Å²) in [6.45, 7) is 4.31. The molecule has 4 aliphatic carbocycles. The molecule has 0 radical (unpaired) electrons. The molecule has 7 rings (SSSR count). The van der Waals surface area contributed by atoms with Crippen molar-refractivity contribution in [2.75, 3.05) is 13.1 Å². The first-order chi connectivity index (χ1) is 13.3. The van der Waals surface area contributed by atoms with E-state index in [-0.39, 0.29) is 0 Å². The lowest BCUT2D eigenvalue weighted by Crippen LogP contribution is -2.50. The average molecular weight is 363 g/mol. The Morgan fingerprint density at radius 3 is 2.26 bits per heavy atom. The fraction of sp³-hybridized carbons (Fsp3) is 0.652. The first-order valence-corrected chi connectivity index (χ1v) is 11.0. The summed E-state index contributed by atoms with van der Waals surface area (Å²) < 4.78 is 2.54. The normalized spacial score (nSPS) is 35.2. The van der Waals surface area contributed by atoms with E-state index in [4.69, 9.17) is 10.2 Å². The van der Waals surface area contributed by atoms with Gasteiger partial charge >= 0.3 is 0 Å². The fourth-order valence-corrected chi connectivity index (χ4v) is 7.14. The van der Waals surface area contributed by atoms with E-state index in [1.165, 1.54) is 55.7 Å². The van der Waals surface area contributed by atoms with Crippen LogP contribution in [-0.4, -0.2) is 32.8 Å². The third-order valence-electron chi connectivity index (χ3n) is 7.88. The molecular formula is C23H30N4. The van der Waals surface area contributed by atoms with Crippen LogP contribution in [-0.2, 0) is 24.9 Å². The molecule has 2 heterocycles. The zero-order valence-corrected chi connectivity index (χ0v) is 16.2. The van der Waals surface area contributed by atoms with Gasteiger partial charge in [-0.15, -0.1) is 10.2 Å². The second kappa shape index (κ2) is 6.16. The molecule has 5 aliphatic rings. The van der Waals surface area contributed by atoms with Crippen LogP contribution in [0.15, 0.2) is 30.3 Å². The molecule has 4 bridgehead atoms. The van der Waals surface area contributed by atoms with Crippen LogP contribution in [0.25, 0.3) is 0 Å². The molecule has 1 aromatic heterocycles. The highest BCUT2D eigenvalue weighted by Crippen LogP contribution is 2.60. The summed E-state index contributed by atoms with van der Waals surface area (Å²) in [7, 11) is 0. The molecule has 1 aromatic carbocycles. The van der Waals surface area contributed by atoms with Crippen LogP contribution in [0.1, 0.15) is 55.7 Å². The molecule has 4 fully saturated rings. The first kappa shape index (κ1) is 16.3. The lowest BCUT2D eigenvalue weighted by atomic mass is 9.49. The van der Waals surface area contributed by atoms with E-state index in [2.05, 4.69) is 39.8 Å². The van der Waals surface area contributed by atoms with E-state index in [0.29, 0.717) is 5.41 Å². The van der Waals surface area contributed by atoms with Crippen molar-refractivity contribution in [2.45, 2.75) is 63.5 Å². The SMILES string of the molecule is c1ccc(CN2CCc3nnc(C45CC6CC(CC(C6)C4)C5)n3CC2)cc1. The van der Waals surface area contributed by atoms with E-state index in [9.17, 15) is 0 Å². The number of rotatable bonds is 3. The highest BCUT2D eigenvalue weighted by molar-refractivity contribution is 5.20. The van der Waals surface area contributed by atoms with Gasteiger partial charge in [-0.3, -0.25) is 4.90 Å². The van der Waals surface area contributed by atoms with Crippen LogP contribution in [0.5, 0.6) is 0 Å². The van der Waals surface area contributed by atoms with Gasteiger partial charge in [0.15, 0.2) is 0 Å². The van der Waals surface area contributed by atoms with Crippen LogP contribution < -0.4 is 0 Å². The van der Waals surface area contributed by atoms with Crippen molar-refractivity contribution < 1.29 is 0 Å². The Kier molecular flexibility index (Phi) is 3.72. The van der Waals surface area contributed by atoms with Crippen molar-refractivity contribution in [1.82, 2.24) is 19.7 Å². The molecule has 4 saturated carbocycles. The Bertz CT molecular complexity index is 789. The van der Waals surface area contributed by atoms with Gasteiger partial charge in [0.25, 0.3) is 0 Å². The third-order valence-corrected chi connectivity index (χ3v) is 7.88. The molecular weight excluding hydrogens is 332 g/mol. The standard InChI is InChI=1S/C23H30N4/c1-2-4-17(5-3-1)16-26-7-6-21-24-25-22(27(21)9-8-26)23-13-18-10-19(14-23)12-20(11-18)15-23/h1-5,18-20H,6-16H2. The molecule has 27 heavy (non-hydrogen) atoms. The second-order valence-electron chi connectivity index (χ2n) is 9.80. The van der Waals surface area contributed by atoms with Crippen LogP contribution in [0, 0.1) is 17.8 Å². The maximum atomic E-state index is 4.83. The fourth-order valence-electron chi connectivity index (χ4n) is 7.14. The quantitative estimate of drug-likeness (QED) is 0.833. The number of nitrogens with zero attached hydrogens (tertiary/aromatic N) is 4. The molecule has 0 spiro atoms. The summed E-state index contributed by atoms with van der Waals surface area (Å²) in [4.78, 5) is 2.59. The van der Waals surface area contributed by atoms with Crippen molar-refractivity contribution in [1.29, 1.82) is 0 Å². The highest BCUT2D eigenvalue weighted by atomic mass is 15.3. The van der Waals surface area contributed by atoms with Gasteiger partial charge in [0.2, 0.25) is 0 Å². The van der Waals surface area contributed by atoms with Gasteiger partial charge < -0.3 is 4.57 Å². The molecule has 4 nitrogen and oxygen atoms in total. The number of aromatic nitrogens is 3. The van der Waals surface area contributed by atoms with Crippen molar-refractivity contribution >= 4 is 0 Å². The van der Waals surface area contributed by atoms with Crippen molar-refractivity contribution in [3.8, 4) is 0 Å². The van der Waals surface area contributed by atoms with Gasteiger partial charge in [0.05, 0.1) is 0 Å². The van der Waals surface area contributed by atoms with Gasteiger partial charge in [-0.2, -0.15) is 0 Å². The minimum atomic E-state index is 0.356. The summed E-state index contributed by atoms with van der Waals surface area (Å²) in [5.74, 6) is 5.48. The molecule has 4 heteroatoms. The summed E-state index contributed by atoms with van der Waals surface area (Å²) >= 11 is 0. The van der Waals surface area contributed by atoms with E-state index < -0.39 is 0 Å². The Balaban J connectivity index is 1.25. The number of hydrogen-bond acceptors (Lipinski definition) is 3. The average Bonchev–Trinajstić information content (AvgIpc) is 2.98. The van der Waals surface area contributed by atoms with Crippen molar-refractivity contribution in [3.05, 3.63) is 47.5 Å². The lowest BCUT2D eigenvalue weighted by Gasteiger charge is -2.56. The van der Waals surface area contributed by atoms with Crippen LogP contribution in [0.2, 0.25) is 0 Å². The predicted molar refractivity (Wildman–Crippen MR) is 105 cm³/mol. The largest absolute Gasteiger partial charge is 0.313 e. The Labute approximate surface area is 162 Å². The Morgan fingerprint density at radius 2 is 1.56 bits per heavy atom. The molecule has 0 saturated heterocycles.